The van der Waals surface area contributed by atoms with Gasteiger partial charge in [-0.3, -0.25) is 9.69 Å². The molecule has 0 aromatic heterocycles. The van der Waals surface area contributed by atoms with Crippen molar-refractivity contribution < 1.29 is 14.3 Å². The van der Waals surface area contributed by atoms with Crippen molar-refractivity contribution in [1.82, 2.24) is 15.1 Å². The molecule has 2 heterocycles. The van der Waals surface area contributed by atoms with Gasteiger partial charge in [-0.25, -0.2) is 4.79 Å². The molecule has 2 rings (SSSR count). The zero-order valence-electron chi connectivity index (χ0n) is 13.6. The highest BCUT2D eigenvalue weighted by atomic mass is 16.5. The highest BCUT2D eigenvalue weighted by molar-refractivity contribution is 5.91. The fourth-order valence-corrected chi connectivity index (χ4v) is 3.49. The molecule has 1 N–H and O–H groups in total. The van der Waals surface area contributed by atoms with Crippen LogP contribution in [-0.2, 0) is 9.53 Å². The van der Waals surface area contributed by atoms with Crippen LogP contribution >= 0.6 is 0 Å². The number of likely N-dealkylation sites (tertiary alicyclic amines) is 1. The van der Waals surface area contributed by atoms with E-state index in [-0.39, 0.29) is 11.8 Å². The lowest BCUT2D eigenvalue weighted by atomic mass is 9.80. The van der Waals surface area contributed by atoms with E-state index in [4.69, 9.17) is 4.74 Å². The highest BCUT2D eigenvalue weighted by Crippen LogP contribution is 2.31. The fraction of sp³-hybridized carbons (Fsp3) is 0.750. The summed E-state index contributed by atoms with van der Waals surface area (Å²) in [5.74, 6) is -0.147. The molecule has 2 amide bonds. The van der Waals surface area contributed by atoms with E-state index in [1.807, 2.05) is 11.8 Å². The smallest absolute Gasteiger partial charge is 0.410 e. The van der Waals surface area contributed by atoms with Crippen LogP contribution in [0.4, 0.5) is 4.79 Å². The van der Waals surface area contributed by atoms with Crippen molar-refractivity contribution in [2.24, 2.45) is 5.92 Å². The summed E-state index contributed by atoms with van der Waals surface area (Å²) in [6.07, 6.45) is 4.52. The van der Waals surface area contributed by atoms with Crippen molar-refractivity contribution >= 4 is 12.0 Å². The number of amides is 2. The molecule has 6 heteroatoms. The van der Waals surface area contributed by atoms with Crippen LogP contribution in [0, 0.1) is 5.92 Å². The van der Waals surface area contributed by atoms with Gasteiger partial charge in [0.1, 0.15) is 5.54 Å². The maximum Gasteiger partial charge on any atom is 0.410 e. The van der Waals surface area contributed by atoms with E-state index in [2.05, 4.69) is 11.9 Å². The molecule has 2 aliphatic rings. The van der Waals surface area contributed by atoms with Gasteiger partial charge in [0.25, 0.3) is 5.91 Å². The minimum Gasteiger partial charge on any atom is -0.453 e. The molecule has 0 radical (unpaired) electrons. The van der Waals surface area contributed by atoms with Gasteiger partial charge in [-0.05, 0) is 19.3 Å². The van der Waals surface area contributed by atoms with E-state index in [1.165, 1.54) is 7.11 Å². The molecule has 2 saturated heterocycles. The van der Waals surface area contributed by atoms with Gasteiger partial charge in [0.2, 0.25) is 0 Å². The minimum absolute atomic E-state index is 0.0113. The standard InChI is InChI=1S/C16H27N3O3/c1-4-13(2)16(14(20)18-9-6-5-7-10-18)12-17-8-11-19(16)15(21)22-3/h4,13,17H,1,5-12H2,2-3H3. The number of methoxy groups -OCH3 is 1. The van der Waals surface area contributed by atoms with Crippen LogP contribution in [0.3, 0.4) is 0 Å². The number of nitrogens with zero attached hydrogens (tertiary/aromatic N) is 2. The van der Waals surface area contributed by atoms with Crippen LogP contribution in [-0.4, -0.2) is 67.2 Å². The van der Waals surface area contributed by atoms with Gasteiger partial charge in [0, 0.05) is 38.6 Å². The summed E-state index contributed by atoms with van der Waals surface area (Å²) in [6, 6.07) is 0. The zero-order chi connectivity index (χ0) is 16.2. The Balaban J connectivity index is 2.38. The Kier molecular flexibility index (Phi) is 5.45. The van der Waals surface area contributed by atoms with Crippen molar-refractivity contribution in [3.63, 3.8) is 0 Å². The number of piperidine rings is 1. The third-order valence-electron chi connectivity index (χ3n) is 4.90. The average molecular weight is 309 g/mol. The van der Waals surface area contributed by atoms with E-state index in [0.29, 0.717) is 19.6 Å². The molecule has 2 aliphatic heterocycles. The number of hydrogen-bond acceptors (Lipinski definition) is 4. The lowest BCUT2D eigenvalue weighted by Crippen LogP contribution is -2.72. The first-order chi connectivity index (χ1) is 10.6. The molecule has 0 aromatic rings. The maximum atomic E-state index is 13.3. The lowest BCUT2D eigenvalue weighted by Gasteiger charge is -2.50. The average Bonchev–Trinajstić information content (AvgIpc) is 2.60. The number of piperazine rings is 1. The van der Waals surface area contributed by atoms with Crippen LogP contribution in [0.25, 0.3) is 0 Å². The Bertz CT molecular complexity index is 434. The van der Waals surface area contributed by atoms with E-state index < -0.39 is 11.6 Å². The zero-order valence-corrected chi connectivity index (χ0v) is 13.6. The molecule has 0 aromatic carbocycles. The summed E-state index contributed by atoms with van der Waals surface area (Å²) in [6.45, 7) is 8.88. The molecule has 2 atom stereocenters. The lowest BCUT2D eigenvalue weighted by molar-refractivity contribution is -0.148. The Morgan fingerprint density at radius 1 is 1.27 bits per heavy atom. The van der Waals surface area contributed by atoms with Crippen LogP contribution < -0.4 is 5.32 Å². The van der Waals surface area contributed by atoms with Crippen molar-refractivity contribution in [2.75, 3.05) is 39.8 Å². The van der Waals surface area contributed by atoms with E-state index in [9.17, 15) is 9.59 Å². The van der Waals surface area contributed by atoms with Crippen molar-refractivity contribution in [2.45, 2.75) is 31.7 Å². The van der Waals surface area contributed by atoms with Gasteiger partial charge in [-0.1, -0.05) is 13.0 Å². The van der Waals surface area contributed by atoms with E-state index in [1.54, 1.807) is 11.0 Å². The largest absolute Gasteiger partial charge is 0.453 e. The number of carbonyl (C=O) groups excluding carboxylic acids is 2. The normalized spacial score (nSPS) is 27.2. The molecule has 2 unspecified atom stereocenters. The number of rotatable bonds is 3. The summed E-state index contributed by atoms with van der Waals surface area (Å²) in [4.78, 5) is 29.0. The van der Waals surface area contributed by atoms with Crippen LogP contribution in [0.1, 0.15) is 26.2 Å². The molecule has 0 bridgehead atoms. The fourth-order valence-electron chi connectivity index (χ4n) is 3.49. The first kappa shape index (κ1) is 16.8. The molecular weight excluding hydrogens is 282 g/mol. The monoisotopic (exact) mass is 309 g/mol. The first-order valence-electron chi connectivity index (χ1n) is 8.06. The Hall–Kier alpha value is -1.56. The summed E-state index contributed by atoms with van der Waals surface area (Å²) in [5, 5.41) is 3.28. The van der Waals surface area contributed by atoms with Gasteiger partial charge < -0.3 is 15.0 Å². The molecule has 0 spiro atoms. The van der Waals surface area contributed by atoms with E-state index in [0.717, 1.165) is 32.4 Å². The summed E-state index contributed by atoms with van der Waals surface area (Å²) in [5.41, 5.74) is -0.940. The third kappa shape index (κ3) is 2.84. The van der Waals surface area contributed by atoms with Gasteiger partial charge in [-0.2, -0.15) is 0 Å². The van der Waals surface area contributed by atoms with Crippen molar-refractivity contribution in [3.8, 4) is 0 Å². The molecule has 2 fully saturated rings. The second-order valence-electron chi connectivity index (χ2n) is 6.10. The third-order valence-corrected chi connectivity index (χ3v) is 4.90. The number of nitrogens with one attached hydrogen (secondary N) is 1. The second kappa shape index (κ2) is 7.13. The van der Waals surface area contributed by atoms with Gasteiger partial charge in [-0.15, -0.1) is 6.58 Å². The van der Waals surface area contributed by atoms with Crippen molar-refractivity contribution in [1.29, 1.82) is 0 Å². The summed E-state index contributed by atoms with van der Waals surface area (Å²) >= 11 is 0. The Morgan fingerprint density at radius 2 is 1.95 bits per heavy atom. The van der Waals surface area contributed by atoms with Crippen LogP contribution in [0.2, 0.25) is 0 Å². The van der Waals surface area contributed by atoms with Crippen LogP contribution in [0.5, 0.6) is 0 Å². The van der Waals surface area contributed by atoms with Gasteiger partial charge in [0.15, 0.2) is 0 Å². The number of ether oxygens (including phenoxy) is 1. The number of carbonyl (C=O) groups is 2. The highest BCUT2D eigenvalue weighted by Gasteiger charge is 2.53. The number of hydrogen-bond donors (Lipinski definition) is 1. The van der Waals surface area contributed by atoms with Gasteiger partial charge in [0.05, 0.1) is 7.11 Å². The second-order valence-corrected chi connectivity index (χ2v) is 6.10. The molecule has 0 aliphatic carbocycles. The first-order valence-corrected chi connectivity index (χ1v) is 8.06. The summed E-state index contributed by atoms with van der Waals surface area (Å²) < 4.78 is 4.93. The van der Waals surface area contributed by atoms with Gasteiger partial charge >= 0.3 is 6.09 Å². The molecular formula is C16H27N3O3. The maximum absolute atomic E-state index is 13.3. The molecule has 6 nitrogen and oxygen atoms in total. The van der Waals surface area contributed by atoms with Crippen molar-refractivity contribution in [3.05, 3.63) is 12.7 Å². The molecule has 22 heavy (non-hydrogen) atoms. The predicted octanol–water partition coefficient (Wildman–Crippen LogP) is 1.23. The predicted molar refractivity (Wildman–Crippen MR) is 84.5 cm³/mol. The quantitative estimate of drug-likeness (QED) is 0.797. The Labute approximate surface area is 132 Å². The molecule has 0 saturated carbocycles. The topological polar surface area (TPSA) is 61.9 Å². The SMILES string of the molecule is C=CC(C)C1(C(=O)N2CCCCC2)CNCCN1C(=O)OC. The van der Waals surface area contributed by atoms with E-state index >= 15 is 0 Å². The summed E-state index contributed by atoms with van der Waals surface area (Å²) in [7, 11) is 1.36. The minimum atomic E-state index is -0.940. The molecule has 124 valence electrons. The van der Waals surface area contributed by atoms with Crippen LogP contribution in [0.15, 0.2) is 12.7 Å². The Morgan fingerprint density at radius 3 is 2.55 bits per heavy atom.